The third-order valence-corrected chi connectivity index (χ3v) is 21.0. The van der Waals surface area contributed by atoms with Crippen LogP contribution in [0.5, 0.6) is 0 Å². The molecule has 2 N–H and O–H groups in total. The monoisotopic (exact) mass is 1150 g/mol. The highest BCUT2D eigenvalue weighted by molar-refractivity contribution is 5.88. The van der Waals surface area contributed by atoms with Gasteiger partial charge in [-0.3, -0.25) is 4.79 Å². The van der Waals surface area contributed by atoms with E-state index in [9.17, 15) is 19.8 Å². The predicted molar refractivity (Wildman–Crippen MR) is 291 cm³/mol. The number of hydrogen-bond donors (Lipinski definition) is 2. The van der Waals surface area contributed by atoms with Gasteiger partial charge in [-0.15, -0.1) is 0 Å². The largest absolute Gasteiger partial charge is 0.458 e. The number of ether oxygens (including phenoxy) is 16. The second kappa shape index (κ2) is 26.1. The molecule has 0 radical (unpaired) electrons. The lowest BCUT2D eigenvalue weighted by molar-refractivity contribution is -0.352. The fraction of sp³-hybridized carbons (Fsp3) is 0.902. The Morgan fingerprint density at radius 3 is 1.42 bits per heavy atom. The number of carbonyl (C=O) groups is 2. The summed E-state index contributed by atoms with van der Waals surface area (Å²) in [5.41, 5.74) is -0.462. The molecule has 3 saturated carbocycles. The minimum absolute atomic E-state index is 0.0391. The van der Waals surface area contributed by atoms with E-state index in [0.717, 1.165) is 19.3 Å². The van der Waals surface area contributed by atoms with Gasteiger partial charge in [0.15, 0.2) is 31.5 Å². The first kappa shape index (κ1) is 63.4. The van der Waals surface area contributed by atoms with Crippen molar-refractivity contribution in [2.45, 2.75) is 287 Å². The Balaban J connectivity index is 0.763. The second-order valence-electron chi connectivity index (χ2n) is 25.4. The van der Waals surface area contributed by atoms with E-state index in [1.807, 2.05) is 41.5 Å². The molecule has 0 bridgehead atoms. The maximum Gasteiger partial charge on any atom is 0.333 e. The summed E-state index contributed by atoms with van der Waals surface area (Å²) in [6.45, 7) is 19.1. The Morgan fingerprint density at radius 2 is 1.00 bits per heavy atom. The van der Waals surface area contributed by atoms with Crippen LogP contribution in [-0.2, 0) is 85.4 Å². The van der Waals surface area contributed by atoms with E-state index >= 15 is 0 Å². The molecule has 0 amide bonds. The molecule has 0 spiro atoms. The van der Waals surface area contributed by atoms with Gasteiger partial charge in [-0.1, -0.05) is 31.6 Å². The van der Waals surface area contributed by atoms with Crippen molar-refractivity contribution < 1.29 is 95.6 Å². The molecule has 20 heteroatoms. The van der Waals surface area contributed by atoms with Gasteiger partial charge in [-0.25, -0.2) is 4.79 Å². The van der Waals surface area contributed by atoms with E-state index < -0.39 is 128 Å². The first-order chi connectivity index (χ1) is 38.5. The standard InChI is InChI=1S/C61H98O20/c1-16-30(2)58(64)77-47-24-41-40(61(65)22-20-39(31(3)62)60(47,61)10)18-17-37-23-38(19-21-59(37,41)9)76-48-26-43(67-12)54(33(5)72-48)79-50-28-45(69-14)56(35(7)74-50)81-52-29-46(70-15)57(36(8)75-52)80-51-27-44(68-13)55(34(6)73-51)78-49-25-42(66-11)53(63)32(4)71-49/h16-17,32-36,38-57,63,65H,18-29H2,1-15H3/b30-16+/t32?,33?,34?,35?,36?,38?,39?,40?,41?,42?,43?,44?,45?,46?,47?,48-,49-,50-,51-,52-,53+,54+,55+,56+,57+,59?,60?,61?/m0/s1. The molecule has 18 unspecified atom stereocenters. The lowest BCUT2D eigenvalue weighted by Gasteiger charge is -2.63. The number of aliphatic hydroxyl groups excluding tert-OH is 1. The van der Waals surface area contributed by atoms with Gasteiger partial charge in [0.25, 0.3) is 0 Å². The quantitative estimate of drug-likeness (QED) is 0.0819. The Kier molecular flexibility index (Phi) is 20.4. The number of hydrogen-bond acceptors (Lipinski definition) is 20. The normalized spacial score (nSPS) is 49.5. The number of Topliss-reactive ketones (excluding diaryl/α,β-unsaturated/α-hetero) is 1. The molecule has 5 saturated heterocycles. The van der Waals surface area contributed by atoms with Gasteiger partial charge in [0.05, 0.1) is 72.7 Å². The summed E-state index contributed by atoms with van der Waals surface area (Å²) >= 11 is 0. The Hall–Kier alpha value is -2.06. The molecule has 0 aromatic rings. The molecule has 28 atom stereocenters. The SMILES string of the molecule is C/C=C(\C)C(=O)OC1CC2C(CC=C3CC(O[C@H]4CC(OC)[C@H](O[C@H]5CC(OC)[C@H](O[C@H]6CC(OC)[C@H](O[C@H]7CC(OC)[C@H](O[C@H]8CC(OC)[C@H](O)C(C)O8)C(C)O7)C(C)O6)C(C)O5)C(C)O4)CCC32C)C2(O)CCC(C(C)=O)C12C. The van der Waals surface area contributed by atoms with Crippen molar-refractivity contribution >= 4 is 11.8 Å². The lowest BCUT2D eigenvalue weighted by atomic mass is 9.45. The molecule has 462 valence electrons. The molecule has 20 nitrogen and oxygen atoms in total. The van der Waals surface area contributed by atoms with Crippen molar-refractivity contribution in [1.82, 2.24) is 0 Å². The molecule has 8 fully saturated rings. The van der Waals surface area contributed by atoms with Crippen molar-refractivity contribution in [3.8, 4) is 0 Å². The van der Waals surface area contributed by atoms with E-state index in [1.165, 1.54) is 5.57 Å². The first-order valence-electron chi connectivity index (χ1n) is 30.2. The van der Waals surface area contributed by atoms with Gasteiger partial charge in [0.1, 0.15) is 42.4 Å². The van der Waals surface area contributed by atoms with Crippen LogP contribution in [0.3, 0.4) is 0 Å². The molecular formula is C61H98O20. The molecule has 0 aromatic heterocycles. The highest BCUT2D eigenvalue weighted by Crippen LogP contribution is 2.69. The van der Waals surface area contributed by atoms with Gasteiger partial charge >= 0.3 is 5.97 Å². The van der Waals surface area contributed by atoms with Crippen LogP contribution < -0.4 is 0 Å². The number of methoxy groups -OCH3 is 5. The van der Waals surface area contributed by atoms with Gasteiger partial charge in [0.2, 0.25) is 0 Å². The average Bonchev–Trinajstić information content (AvgIpc) is 2.06. The number of aliphatic hydroxyl groups is 2. The summed E-state index contributed by atoms with van der Waals surface area (Å²) in [6, 6.07) is 0. The van der Waals surface area contributed by atoms with Gasteiger partial charge in [-0.05, 0) is 118 Å². The summed E-state index contributed by atoms with van der Waals surface area (Å²) in [5.74, 6) is -0.746. The number of carbonyl (C=O) groups excluding carboxylic acids is 2. The third kappa shape index (κ3) is 12.5. The van der Waals surface area contributed by atoms with Crippen LogP contribution in [0.4, 0.5) is 0 Å². The minimum atomic E-state index is -1.16. The first-order valence-corrected chi connectivity index (χ1v) is 30.2. The Labute approximate surface area is 480 Å². The maximum atomic E-state index is 13.4. The van der Waals surface area contributed by atoms with Crippen molar-refractivity contribution in [2.75, 3.05) is 35.5 Å². The van der Waals surface area contributed by atoms with Crippen LogP contribution in [0.2, 0.25) is 0 Å². The van der Waals surface area contributed by atoms with Crippen molar-refractivity contribution in [2.24, 2.45) is 28.6 Å². The van der Waals surface area contributed by atoms with Crippen molar-refractivity contribution in [3.05, 3.63) is 23.3 Å². The number of allylic oxidation sites excluding steroid dienone is 2. The maximum absolute atomic E-state index is 13.4. The minimum Gasteiger partial charge on any atom is -0.458 e. The zero-order valence-electron chi connectivity index (χ0n) is 50.8. The number of fused-ring (bicyclic) bond motifs is 5. The topological polar surface area (TPSA) is 222 Å². The molecule has 5 aliphatic heterocycles. The summed E-state index contributed by atoms with van der Waals surface area (Å²) < 4.78 is 101. The van der Waals surface area contributed by atoms with Gasteiger partial charge < -0.3 is 86.0 Å². The van der Waals surface area contributed by atoms with Crippen LogP contribution in [0.15, 0.2) is 23.3 Å². The molecule has 0 aromatic carbocycles. The van der Waals surface area contributed by atoms with Crippen LogP contribution >= 0.6 is 0 Å². The Bertz CT molecular complexity index is 2200. The van der Waals surface area contributed by atoms with Gasteiger partial charge in [-0.2, -0.15) is 0 Å². The molecule has 9 aliphatic rings. The average molecular weight is 1150 g/mol. The number of esters is 1. The van der Waals surface area contributed by atoms with Crippen molar-refractivity contribution in [3.63, 3.8) is 0 Å². The van der Waals surface area contributed by atoms with Crippen LogP contribution in [-0.4, -0.2) is 198 Å². The number of ketones is 1. The molecule has 4 aliphatic carbocycles. The Morgan fingerprint density at radius 1 is 0.580 bits per heavy atom. The van der Waals surface area contributed by atoms with Crippen LogP contribution in [0.25, 0.3) is 0 Å². The second-order valence-corrected chi connectivity index (χ2v) is 25.4. The summed E-state index contributed by atoms with van der Waals surface area (Å²) in [7, 11) is 8.22. The molecular weight excluding hydrogens is 1050 g/mol. The van der Waals surface area contributed by atoms with Gasteiger partial charge in [0, 0.05) is 84.6 Å². The highest BCUT2D eigenvalue weighted by atomic mass is 16.8. The van der Waals surface area contributed by atoms with E-state index in [1.54, 1.807) is 62.4 Å². The predicted octanol–water partition coefficient (Wildman–Crippen LogP) is 6.79. The fourth-order valence-corrected chi connectivity index (χ4v) is 16.1. The van der Waals surface area contributed by atoms with Crippen LogP contribution in [0.1, 0.15) is 146 Å². The number of rotatable bonds is 18. The zero-order valence-corrected chi connectivity index (χ0v) is 50.8. The smallest absolute Gasteiger partial charge is 0.333 e. The van der Waals surface area contributed by atoms with Crippen LogP contribution in [0, 0.1) is 28.6 Å². The fourth-order valence-electron chi connectivity index (χ4n) is 16.1. The highest BCUT2D eigenvalue weighted by Gasteiger charge is 2.71. The zero-order chi connectivity index (χ0) is 58.5. The molecule has 9 rings (SSSR count). The molecule has 5 heterocycles. The van der Waals surface area contributed by atoms with E-state index in [4.69, 9.17) is 75.8 Å². The summed E-state index contributed by atoms with van der Waals surface area (Å²) in [4.78, 5) is 26.6. The third-order valence-electron chi connectivity index (χ3n) is 21.0. The van der Waals surface area contributed by atoms with Crippen molar-refractivity contribution in [1.29, 1.82) is 0 Å². The summed E-state index contributed by atoms with van der Waals surface area (Å²) in [6.07, 6.45) is 0.391. The molecule has 81 heavy (non-hydrogen) atoms. The lowest BCUT2D eigenvalue weighted by Crippen LogP contribution is -2.66. The summed E-state index contributed by atoms with van der Waals surface area (Å²) in [5, 5.41) is 23.4. The van der Waals surface area contributed by atoms with E-state index in [0.29, 0.717) is 63.4 Å². The van der Waals surface area contributed by atoms with E-state index in [2.05, 4.69) is 13.0 Å². The van der Waals surface area contributed by atoms with E-state index in [-0.39, 0.29) is 53.4 Å².